The van der Waals surface area contributed by atoms with Gasteiger partial charge in [0.2, 0.25) is 5.91 Å². The molecule has 1 atom stereocenters. The van der Waals surface area contributed by atoms with E-state index < -0.39 is 23.7 Å². The summed E-state index contributed by atoms with van der Waals surface area (Å²) in [4.78, 5) is 21.8. The van der Waals surface area contributed by atoms with Crippen molar-refractivity contribution in [3.05, 3.63) is 30.1 Å². The molecule has 0 bridgehead atoms. The molecule has 1 unspecified atom stereocenters. The molecular weight excluding hydrogens is 227 g/mol. The summed E-state index contributed by atoms with van der Waals surface area (Å²) in [6.07, 6.45) is -0.911. The zero-order valence-corrected chi connectivity index (χ0v) is 9.27. The van der Waals surface area contributed by atoms with Gasteiger partial charge in [-0.05, 0) is 19.1 Å². The van der Waals surface area contributed by atoms with Crippen LogP contribution in [0.1, 0.15) is 6.92 Å². The largest absolute Gasteiger partial charge is 0.478 e. The second-order valence-electron chi connectivity index (χ2n) is 3.37. The summed E-state index contributed by atoms with van der Waals surface area (Å²) in [6, 6.07) is 5.74. The Balaban J connectivity index is 2.54. The Morgan fingerprint density at radius 2 is 2.12 bits per heavy atom. The molecule has 0 fully saturated rings. The van der Waals surface area contributed by atoms with Gasteiger partial charge in [0.15, 0.2) is 17.7 Å². The third kappa shape index (κ3) is 4.10. The number of primary amides is 1. The first-order valence-corrected chi connectivity index (χ1v) is 4.98. The van der Waals surface area contributed by atoms with Gasteiger partial charge in [-0.1, -0.05) is 12.1 Å². The summed E-state index contributed by atoms with van der Waals surface area (Å²) in [6.45, 7) is 1.17. The van der Waals surface area contributed by atoms with Crippen molar-refractivity contribution in [2.24, 2.45) is 5.73 Å². The maximum absolute atomic E-state index is 13.2. The van der Waals surface area contributed by atoms with Crippen molar-refractivity contribution in [2.75, 3.05) is 6.54 Å². The maximum Gasteiger partial charge on any atom is 0.261 e. The number of carbonyl (C=O) groups is 2. The van der Waals surface area contributed by atoms with Crippen LogP contribution in [0.2, 0.25) is 0 Å². The van der Waals surface area contributed by atoms with Gasteiger partial charge in [-0.25, -0.2) is 4.39 Å². The molecule has 3 N–H and O–H groups in total. The molecular formula is C11H13FN2O3. The van der Waals surface area contributed by atoms with E-state index in [4.69, 9.17) is 10.5 Å². The zero-order valence-electron chi connectivity index (χ0n) is 9.27. The van der Waals surface area contributed by atoms with E-state index in [2.05, 4.69) is 5.32 Å². The number of hydrogen-bond acceptors (Lipinski definition) is 3. The monoisotopic (exact) mass is 240 g/mol. The van der Waals surface area contributed by atoms with E-state index in [-0.39, 0.29) is 12.3 Å². The predicted molar refractivity (Wildman–Crippen MR) is 58.7 cm³/mol. The number of carbonyl (C=O) groups excluding carboxylic acids is 2. The summed E-state index contributed by atoms with van der Waals surface area (Å²) >= 11 is 0. The number of benzene rings is 1. The van der Waals surface area contributed by atoms with Crippen molar-refractivity contribution >= 4 is 11.8 Å². The van der Waals surface area contributed by atoms with Crippen LogP contribution in [0.4, 0.5) is 4.39 Å². The van der Waals surface area contributed by atoms with Gasteiger partial charge in [-0.15, -0.1) is 0 Å². The Hall–Kier alpha value is -2.11. The van der Waals surface area contributed by atoms with Gasteiger partial charge in [-0.2, -0.15) is 0 Å². The highest BCUT2D eigenvalue weighted by Gasteiger charge is 2.16. The van der Waals surface area contributed by atoms with Crippen molar-refractivity contribution in [3.8, 4) is 5.75 Å². The first-order chi connectivity index (χ1) is 8.00. The predicted octanol–water partition coefficient (Wildman–Crippen LogP) is 0.195. The topological polar surface area (TPSA) is 81.4 Å². The van der Waals surface area contributed by atoms with Gasteiger partial charge >= 0.3 is 0 Å². The smallest absolute Gasteiger partial charge is 0.261 e. The van der Waals surface area contributed by atoms with Crippen LogP contribution in [0.25, 0.3) is 0 Å². The SMILES string of the molecule is CC(Oc1ccccc1F)C(=O)NCC(N)=O. The van der Waals surface area contributed by atoms with Gasteiger partial charge in [0.1, 0.15) is 0 Å². The first kappa shape index (κ1) is 13.0. The fourth-order valence-electron chi connectivity index (χ4n) is 1.10. The van der Waals surface area contributed by atoms with E-state index in [9.17, 15) is 14.0 Å². The van der Waals surface area contributed by atoms with Crippen molar-refractivity contribution in [3.63, 3.8) is 0 Å². The van der Waals surface area contributed by atoms with Gasteiger partial charge in [0.05, 0.1) is 6.54 Å². The molecule has 2 amide bonds. The normalized spacial score (nSPS) is 11.6. The Bertz CT molecular complexity index is 423. The fourth-order valence-corrected chi connectivity index (χ4v) is 1.10. The average Bonchev–Trinajstić information content (AvgIpc) is 2.28. The third-order valence-electron chi connectivity index (χ3n) is 1.95. The molecule has 0 radical (unpaired) electrons. The molecule has 0 saturated carbocycles. The number of halogens is 1. The van der Waals surface area contributed by atoms with Gasteiger partial charge < -0.3 is 15.8 Å². The second-order valence-corrected chi connectivity index (χ2v) is 3.37. The molecule has 0 aliphatic rings. The molecule has 0 heterocycles. The zero-order chi connectivity index (χ0) is 12.8. The molecule has 1 aromatic carbocycles. The summed E-state index contributed by atoms with van der Waals surface area (Å²) < 4.78 is 18.3. The molecule has 0 aliphatic heterocycles. The molecule has 0 saturated heterocycles. The van der Waals surface area contributed by atoms with E-state index in [0.717, 1.165) is 0 Å². The molecule has 5 nitrogen and oxygen atoms in total. The van der Waals surface area contributed by atoms with Crippen LogP contribution in [0, 0.1) is 5.82 Å². The molecule has 6 heteroatoms. The Morgan fingerprint density at radius 1 is 1.47 bits per heavy atom. The molecule has 1 rings (SSSR count). The Labute approximate surface area is 97.7 Å². The number of nitrogens with one attached hydrogen (secondary N) is 1. The number of nitrogens with two attached hydrogens (primary N) is 1. The summed E-state index contributed by atoms with van der Waals surface area (Å²) in [5, 5.41) is 2.26. The van der Waals surface area contributed by atoms with Crippen molar-refractivity contribution < 1.29 is 18.7 Å². The van der Waals surface area contributed by atoms with Crippen molar-refractivity contribution in [2.45, 2.75) is 13.0 Å². The van der Waals surface area contributed by atoms with Gasteiger partial charge in [0, 0.05) is 0 Å². The lowest BCUT2D eigenvalue weighted by molar-refractivity contribution is -0.129. The van der Waals surface area contributed by atoms with Crippen molar-refractivity contribution in [1.82, 2.24) is 5.32 Å². The standard InChI is InChI=1S/C11H13FN2O3/c1-7(11(16)14-6-10(13)15)17-9-5-3-2-4-8(9)12/h2-5,7H,6H2,1H3,(H2,13,15)(H,14,16). The van der Waals surface area contributed by atoms with E-state index >= 15 is 0 Å². The van der Waals surface area contributed by atoms with Gasteiger partial charge in [0.25, 0.3) is 5.91 Å². The number of amides is 2. The highest BCUT2D eigenvalue weighted by Crippen LogP contribution is 2.16. The fraction of sp³-hybridized carbons (Fsp3) is 0.273. The lowest BCUT2D eigenvalue weighted by Crippen LogP contribution is -2.40. The van der Waals surface area contributed by atoms with Crippen LogP contribution in [0.5, 0.6) is 5.75 Å². The lowest BCUT2D eigenvalue weighted by atomic mass is 10.3. The van der Waals surface area contributed by atoms with Crippen molar-refractivity contribution in [1.29, 1.82) is 0 Å². The maximum atomic E-state index is 13.2. The minimum Gasteiger partial charge on any atom is -0.478 e. The Kier molecular flexibility index (Phi) is 4.45. The lowest BCUT2D eigenvalue weighted by Gasteiger charge is -2.14. The minimum absolute atomic E-state index is 0.0192. The second kappa shape index (κ2) is 5.83. The minimum atomic E-state index is -0.911. The van der Waals surface area contributed by atoms with Crippen LogP contribution in [0.15, 0.2) is 24.3 Å². The molecule has 17 heavy (non-hydrogen) atoms. The van der Waals surface area contributed by atoms with Crippen LogP contribution in [0.3, 0.4) is 0 Å². The molecule has 92 valence electrons. The van der Waals surface area contributed by atoms with Crippen LogP contribution in [-0.4, -0.2) is 24.5 Å². The van der Waals surface area contributed by atoms with E-state index in [1.165, 1.54) is 25.1 Å². The molecule has 0 aromatic heterocycles. The third-order valence-corrected chi connectivity index (χ3v) is 1.95. The highest BCUT2D eigenvalue weighted by molar-refractivity contribution is 5.86. The van der Waals surface area contributed by atoms with E-state index in [0.29, 0.717) is 0 Å². The van der Waals surface area contributed by atoms with Crippen LogP contribution >= 0.6 is 0 Å². The number of ether oxygens (including phenoxy) is 1. The molecule has 0 aliphatic carbocycles. The van der Waals surface area contributed by atoms with Crippen LogP contribution in [-0.2, 0) is 9.59 Å². The Morgan fingerprint density at radius 3 is 2.71 bits per heavy atom. The number of para-hydroxylation sites is 1. The summed E-state index contributed by atoms with van der Waals surface area (Å²) in [7, 11) is 0. The van der Waals surface area contributed by atoms with Gasteiger partial charge in [-0.3, -0.25) is 9.59 Å². The number of rotatable bonds is 5. The van der Waals surface area contributed by atoms with Crippen LogP contribution < -0.4 is 15.8 Å². The average molecular weight is 240 g/mol. The highest BCUT2D eigenvalue weighted by atomic mass is 19.1. The van der Waals surface area contributed by atoms with E-state index in [1.54, 1.807) is 6.07 Å². The quantitative estimate of drug-likeness (QED) is 0.771. The molecule has 0 spiro atoms. The molecule has 1 aromatic rings. The summed E-state index contributed by atoms with van der Waals surface area (Å²) in [5.74, 6) is -1.76. The van der Waals surface area contributed by atoms with E-state index in [1.807, 2.05) is 0 Å². The number of hydrogen-bond donors (Lipinski definition) is 2. The first-order valence-electron chi connectivity index (χ1n) is 4.98. The summed E-state index contributed by atoms with van der Waals surface area (Å²) in [5.41, 5.74) is 4.86.